The monoisotopic (exact) mass is 296 g/mol. The van der Waals surface area contributed by atoms with Gasteiger partial charge in [-0.15, -0.1) is 11.3 Å². The van der Waals surface area contributed by atoms with Gasteiger partial charge in [0.15, 0.2) is 5.13 Å². The third-order valence-corrected chi connectivity index (χ3v) is 3.35. The summed E-state index contributed by atoms with van der Waals surface area (Å²) in [5.41, 5.74) is 7.30. The fourth-order valence-electron chi connectivity index (χ4n) is 1.58. The van der Waals surface area contributed by atoms with Crippen molar-refractivity contribution in [2.45, 2.75) is 0 Å². The molecule has 0 unspecified atom stereocenters. The number of aromatic nitrogens is 1. The first kappa shape index (κ1) is 13.6. The van der Waals surface area contributed by atoms with E-state index in [1.807, 2.05) is 25.1 Å². The van der Waals surface area contributed by atoms with E-state index in [2.05, 4.69) is 10.3 Å². The number of carbonyl (C=O) groups excluding carboxylic acids is 1. The van der Waals surface area contributed by atoms with Gasteiger partial charge in [-0.05, 0) is 18.2 Å². The predicted octanol–water partition coefficient (Wildman–Crippen LogP) is 2.70. The van der Waals surface area contributed by atoms with Gasteiger partial charge in [0.1, 0.15) is 5.69 Å². The molecule has 0 bridgehead atoms. The molecule has 0 saturated heterocycles. The highest BCUT2D eigenvalue weighted by molar-refractivity contribution is 7.13. The Kier molecular flexibility index (Phi) is 3.92. The van der Waals surface area contributed by atoms with Crippen LogP contribution < -0.4 is 16.0 Å². The Morgan fingerprint density at radius 3 is 2.79 bits per heavy atom. The topological polar surface area (TPSA) is 71.2 Å². The standard InChI is InChI=1S/C12H13ClN4OS/c1-17(2)10-4-3-7(13)5-8(10)15-11(18)9-6-19-12(14)16-9/h3-6H,1-2H3,(H2,14,16)(H,15,18). The Morgan fingerprint density at radius 1 is 1.47 bits per heavy atom. The number of benzene rings is 1. The van der Waals surface area contributed by atoms with E-state index in [9.17, 15) is 4.79 Å². The maximum atomic E-state index is 12.0. The number of nitrogen functional groups attached to an aromatic ring is 1. The van der Waals surface area contributed by atoms with Gasteiger partial charge < -0.3 is 16.0 Å². The second-order valence-corrected chi connectivity index (χ2v) is 5.41. The van der Waals surface area contributed by atoms with Crippen LogP contribution in [0.15, 0.2) is 23.6 Å². The molecule has 3 N–H and O–H groups in total. The number of hydrogen-bond acceptors (Lipinski definition) is 5. The first-order chi connectivity index (χ1) is 8.97. The van der Waals surface area contributed by atoms with E-state index in [4.69, 9.17) is 17.3 Å². The van der Waals surface area contributed by atoms with E-state index < -0.39 is 0 Å². The number of rotatable bonds is 3. The summed E-state index contributed by atoms with van der Waals surface area (Å²) in [7, 11) is 3.78. The zero-order valence-electron chi connectivity index (χ0n) is 10.5. The minimum Gasteiger partial charge on any atom is -0.376 e. The van der Waals surface area contributed by atoms with Crippen molar-refractivity contribution in [3.05, 3.63) is 34.3 Å². The van der Waals surface area contributed by atoms with Crippen LogP contribution in [0, 0.1) is 0 Å². The van der Waals surface area contributed by atoms with Crippen LogP contribution in [-0.4, -0.2) is 25.0 Å². The number of nitrogens with two attached hydrogens (primary N) is 1. The van der Waals surface area contributed by atoms with Crippen LogP contribution >= 0.6 is 22.9 Å². The summed E-state index contributed by atoms with van der Waals surface area (Å²) in [4.78, 5) is 17.9. The summed E-state index contributed by atoms with van der Waals surface area (Å²) in [6.45, 7) is 0. The third-order valence-electron chi connectivity index (χ3n) is 2.44. The average molecular weight is 297 g/mol. The van der Waals surface area contributed by atoms with Crippen LogP contribution in [0.4, 0.5) is 16.5 Å². The number of nitrogens with zero attached hydrogens (tertiary/aromatic N) is 2. The zero-order chi connectivity index (χ0) is 14.0. The van der Waals surface area contributed by atoms with Gasteiger partial charge in [-0.3, -0.25) is 4.79 Å². The number of thiazole rings is 1. The first-order valence-electron chi connectivity index (χ1n) is 5.46. The number of amides is 1. The van der Waals surface area contributed by atoms with Gasteiger partial charge in [-0.25, -0.2) is 4.98 Å². The Bertz CT molecular complexity index is 612. The molecule has 1 aromatic carbocycles. The van der Waals surface area contributed by atoms with Gasteiger partial charge in [0.2, 0.25) is 0 Å². The number of halogens is 1. The second kappa shape index (κ2) is 5.46. The summed E-state index contributed by atoms with van der Waals surface area (Å²) in [6, 6.07) is 5.31. The highest BCUT2D eigenvalue weighted by Gasteiger charge is 2.13. The smallest absolute Gasteiger partial charge is 0.275 e. The van der Waals surface area contributed by atoms with Crippen LogP contribution in [0.2, 0.25) is 5.02 Å². The molecule has 0 aliphatic rings. The van der Waals surface area contributed by atoms with Crippen molar-refractivity contribution in [1.82, 2.24) is 4.98 Å². The Labute approximate surface area is 120 Å². The lowest BCUT2D eigenvalue weighted by Crippen LogP contribution is -2.17. The molecule has 0 atom stereocenters. The Hall–Kier alpha value is -1.79. The molecule has 1 heterocycles. The molecule has 5 nitrogen and oxygen atoms in total. The molecule has 0 aliphatic carbocycles. The molecule has 7 heteroatoms. The quantitative estimate of drug-likeness (QED) is 0.913. The van der Waals surface area contributed by atoms with Crippen molar-refractivity contribution in [1.29, 1.82) is 0 Å². The van der Waals surface area contributed by atoms with Crippen molar-refractivity contribution in [3.8, 4) is 0 Å². The molecule has 1 amide bonds. The van der Waals surface area contributed by atoms with Crippen LogP contribution in [0.5, 0.6) is 0 Å². The lowest BCUT2D eigenvalue weighted by Gasteiger charge is -2.17. The second-order valence-electron chi connectivity index (χ2n) is 4.08. The summed E-state index contributed by atoms with van der Waals surface area (Å²) in [5, 5.41) is 5.32. The van der Waals surface area contributed by atoms with Crippen molar-refractivity contribution in [2.75, 3.05) is 30.0 Å². The molecule has 1 aromatic heterocycles. The van der Waals surface area contributed by atoms with Gasteiger partial charge in [0.25, 0.3) is 5.91 Å². The van der Waals surface area contributed by atoms with Crippen LogP contribution in [0.1, 0.15) is 10.5 Å². The van der Waals surface area contributed by atoms with E-state index in [1.54, 1.807) is 17.5 Å². The fourth-order valence-corrected chi connectivity index (χ4v) is 2.29. The molecule has 2 aromatic rings. The van der Waals surface area contributed by atoms with Crippen LogP contribution in [-0.2, 0) is 0 Å². The normalized spacial score (nSPS) is 10.3. The van der Waals surface area contributed by atoms with Gasteiger partial charge in [-0.1, -0.05) is 11.6 Å². The van der Waals surface area contributed by atoms with E-state index in [0.29, 0.717) is 21.5 Å². The first-order valence-corrected chi connectivity index (χ1v) is 6.72. The Balaban J connectivity index is 2.27. The zero-order valence-corrected chi connectivity index (χ0v) is 12.0. The van der Waals surface area contributed by atoms with E-state index in [-0.39, 0.29) is 5.91 Å². The van der Waals surface area contributed by atoms with E-state index in [0.717, 1.165) is 5.69 Å². The minimum atomic E-state index is -0.307. The lowest BCUT2D eigenvalue weighted by atomic mass is 10.2. The van der Waals surface area contributed by atoms with Crippen LogP contribution in [0.25, 0.3) is 0 Å². The average Bonchev–Trinajstić information content (AvgIpc) is 2.75. The largest absolute Gasteiger partial charge is 0.376 e. The molecule has 19 heavy (non-hydrogen) atoms. The van der Waals surface area contributed by atoms with Gasteiger partial charge in [0, 0.05) is 24.5 Å². The molecular weight excluding hydrogens is 284 g/mol. The highest BCUT2D eigenvalue weighted by Crippen LogP contribution is 2.28. The molecule has 2 rings (SSSR count). The van der Waals surface area contributed by atoms with Crippen molar-refractivity contribution < 1.29 is 4.79 Å². The summed E-state index contributed by atoms with van der Waals surface area (Å²) < 4.78 is 0. The number of carbonyl (C=O) groups is 1. The van der Waals surface area contributed by atoms with Gasteiger partial charge >= 0.3 is 0 Å². The third kappa shape index (κ3) is 3.15. The maximum Gasteiger partial charge on any atom is 0.275 e. The Morgan fingerprint density at radius 2 is 2.21 bits per heavy atom. The molecule has 0 aliphatic heterocycles. The lowest BCUT2D eigenvalue weighted by molar-refractivity contribution is 0.102. The van der Waals surface area contributed by atoms with Crippen molar-refractivity contribution in [2.24, 2.45) is 0 Å². The molecule has 0 saturated carbocycles. The van der Waals surface area contributed by atoms with Crippen molar-refractivity contribution >= 4 is 45.4 Å². The number of anilines is 3. The summed E-state index contributed by atoms with van der Waals surface area (Å²) >= 11 is 7.18. The highest BCUT2D eigenvalue weighted by atomic mass is 35.5. The molecule has 0 radical (unpaired) electrons. The number of nitrogens with one attached hydrogen (secondary N) is 1. The summed E-state index contributed by atoms with van der Waals surface area (Å²) in [5.74, 6) is -0.307. The predicted molar refractivity (Wildman–Crippen MR) is 80.3 cm³/mol. The van der Waals surface area contributed by atoms with Gasteiger partial charge in [0.05, 0.1) is 11.4 Å². The number of hydrogen-bond donors (Lipinski definition) is 2. The molecule has 0 spiro atoms. The van der Waals surface area contributed by atoms with E-state index >= 15 is 0 Å². The van der Waals surface area contributed by atoms with Gasteiger partial charge in [-0.2, -0.15) is 0 Å². The van der Waals surface area contributed by atoms with Crippen LogP contribution in [0.3, 0.4) is 0 Å². The molecule has 100 valence electrons. The summed E-state index contributed by atoms with van der Waals surface area (Å²) in [6.07, 6.45) is 0. The SMILES string of the molecule is CN(C)c1ccc(Cl)cc1NC(=O)c1csc(N)n1. The minimum absolute atomic E-state index is 0.298. The van der Waals surface area contributed by atoms with Crippen molar-refractivity contribution in [3.63, 3.8) is 0 Å². The fraction of sp³-hybridized carbons (Fsp3) is 0.167. The molecule has 0 fully saturated rings. The van der Waals surface area contributed by atoms with E-state index in [1.165, 1.54) is 11.3 Å². The molecular formula is C12H13ClN4OS. The maximum absolute atomic E-state index is 12.0.